The molecule has 1 aliphatic rings. The second-order valence-corrected chi connectivity index (χ2v) is 16.4. The summed E-state index contributed by atoms with van der Waals surface area (Å²) in [5.74, 6) is -3.49. The van der Waals surface area contributed by atoms with E-state index >= 15 is 0 Å². The molecule has 1 amide bonds. The maximum Gasteiger partial charge on any atom is 0.416 e. The molecule has 16 nitrogen and oxygen atoms in total. The lowest BCUT2D eigenvalue weighted by atomic mass is 9.95. The second kappa shape index (κ2) is 21.3. The van der Waals surface area contributed by atoms with Crippen LogP contribution >= 0.6 is 30.6 Å². The van der Waals surface area contributed by atoms with Gasteiger partial charge in [0.2, 0.25) is 0 Å². The number of hydroxylamine groups is 2. The molecule has 0 bridgehead atoms. The number of hydrogen-bond donors (Lipinski definition) is 3. The van der Waals surface area contributed by atoms with Crippen molar-refractivity contribution in [3.63, 3.8) is 0 Å². The second-order valence-electron chi connectivity index (χ2n) is 13.1. The van der Waals surface area contributed by atoms with Gasteiger partial charge in [0.05, 0.1) is 40.7 Å². The maximum absolute atomic E-state index is 12.8. The van der Waals surface area contributed by atoms with Crippen molar-refractivity contribution in [2.45, 2.75) is 59.0 Å². The topological polar surface area (TPSA) is 235 Å². The Labute approximate surface area is 340 Å². The SMILES string of the molecule is CC1(C)CON(Cc2ccccc2Cl)C1=O.CCOC(=O)C(C)OC(=O)c1cc(Oc2ccc(C(F)(F)F)cc2Cl)ccc1[N+](=O)[O-].CP(=O)(O)CCC(N)C(=O)O. The van der Waals surface area contributed by atoms with Crippen LogP contribution in [0.5, 0.6) is 11.5 Å². The standard InChI is InChI=1S/C19H15ClF3NO7.C12H14ClNO2.C5H12NO4P/c1-3-29-17(25)10(2)30-18(26)13-9-12(5-6-15(13)24(27)28)31-16-7-4-11(8-14(16)20)19(21,22)23;1-12(2)8-16-14(11(12)15)7-9-5-3-4-6-10(9)13;1-11(9,10)3-2-4(6)5(7)8/h4-10H,3H2,1-2H3;3-6H,7-8H2,1-2H3;4H,2-3,6H2,1H3,(H,7,8)(H,9,10). The van der Waals surface area contributed by atoms with Crippen LogP contribution in [0, 0.1) is 15.5 Å². The van der Waals surface area contributed by atoms with Crippen LogP contribution in [-0.4, -0.2) is 82.0 Å². The number of nitro groups is 1. The van der Waals surface area contributed by atoms with Crippen LogP contribution in [0.15, 0.2) is 60.7 Å². The van der Waals surface area contributed by atoms with Crippen LogP contribution in [0.1, 0.15) is 55.6 Å². The highest BCUT2D eigenvalue weighted by atomic mass is 35.5. The van der Waals surface area contributed by atoms with Gasteiger partial charge in [-0.3, -0.25) is 29.1 Å². The van der Waals surface area contributed by atoms with E-state index in [0.29, 0.717) is 24.2 Å². The number of amides is 1. The maximum atomic E-state index is 12.8. The number of rotatable bonds is 13. The monoisotopic (exact) mass is 881 g/mol. The Hall–Kier alpha value is -4.78. The Morgan fingerprint density at radius 3 is 2.24 bits per heavy atom. The van der Waals surface area contributed by atoms with Crippen LogP contribution in [-0.2, 0) is 46.0 Å². The third-order valence-corrected chi connectivity index (χ3v) is 9.36. The quantitative estimate of drug-likeness (QED) is 0.0653. The van der Waals surface area contributed by atoms with Crippen molar-refractivity contribution < 1.29 is 70.9 Å². The van der Waals surface area contributed by atoms with Crippen molar-refractivity contribution in [1.82, 2.24) is 5.06 Å². The number of nitrogens with zero attached hydrogens (tertiary/aromatic N) is 2. The van der Waals surface area contributed by atoms with Crippen LogP contribution in [0.3, 0.4) is 0 Å². The number of hydrogen-bond acceptors (Lipinski definition) is 12. The molecule has 0 aromatic heterocycles. The average molecular weight is 883 g/mol. The van der Waals surface area contributed by atoms with Crippen LogP contribution in [0.2, 0.25) is 10.0 Å². The Balaban J connectivity index is 0.000000355. The number of carboxylic acid groups (broad SMARTS) is 1. The predicted molar refractivity (Wildman–Crippen MR) is 204 cm³/mol. The fraction of sp³-hybridized carbons (Fsp3) is 0.389. The summed E-state index contributed by atoms with van der Waals surface area (Å²) < 4.78 is 63.9. The van der Waals surface area contributed by atoms with Gasteiger partial charge in [-0.15, -0.1) is 0 Å². The van der Waals surface area contributed by atoms with E-state index in [9.17, 15) is 47.0 Å². The van der Waals surface area contributed by atoms with Gasteiger partial charge in [0.25, 0.3) is 11.6 Å². The number of benzene rings is 3. The molecule has 58 heavy (non-hydrogen) atoms. The van der Waals surface area contributed by atoms with Crippen LogP contribution < -0.4 is 10.5 Å². The lowest BCUT2D eigenvalue weighted by molar-refractivity contribution is -0.385. The predicted octanol–water partition coefficient (Wildman–Crippen LogP) is 7.50. The number of nitro benzene ring substituents is 1. The lowest BCUT2D eigenvalue weighted by Gasteiger charge is -2.16. The fourth-order valence-electron chi connectivity index (χ4n) is 4.42. The van der Waals surface area contributed by atoms with E-state index in [0.717, 1.165) is 35.9 Å². The molecule has 318 valence electrons. The molecule has 0 saturated carbocycles. The molecule has 3 atom stereocenters. The third kappa shape index (κ3) is 15.5. The Morgan fingerprint density at radius 1 is 1.10 bits per heavy atom. The number of carboxylic acids is 1. The highest BCUT2D eigenvalue weighted by Crippen LogP contribution is 2.38. The average Bonchev–Trinajstić information content (AvgIpc) is 3.38. The van der Waals surface area contributed by atoms with Crippen LogP contribution in [0.4, 0.5) is 18.9 Å². The highest BCUT2D eigenvalue weighted by Gasteiger charge is 2.40. The number of esters is 2. The smallest absolute Gasteiger partial charge is 0.416 e. The minimum absolute atomic E-state index is 0.00687. The van der Waals surface area contributed by atoms with Gasteiger partial charge in [0.1, 0.15) is 23.1 Å². The summed E-state index contributed by atoms with van der Waals surface area (Å²) in [6.45, 7) is 8.58. The molecule has 4 N–H and O–H groups in total. The Morgan fingerprint density at radius 2 is 1.74 bits per heavy atom. The Kier molecular flexibility index (Phi) is 18.1. The van der Waals surface area contributed by atoms with Gasteiger partial charge < -0.3 is 29.9 Å². The molecule has 3 aromatic rings. The van der Waals surface area contributed by atoms with Crippen molar-refractivity contribution >= 4 is 60.1 Å². The minimum atomic E-state index is -4.61. The Bertz CT molecular complexity index is 2010. The van der Waals surface area contributed by atoms with E-state index < -0.39 is 70.8 Å². The fourth-order valence-corrected chi connectivity index (χ4v) is 5.59. The first kappa shape index (κ1) is 49.4. The summed E-state index contributed by atoms with van der Waals surface area (Å²) in [5.41, 5.74) is 3.39. The number of halogens is 5. The molecular weight excluding hydrogens is 841 g/mol. The zero-order chi connectivity index (χ0) is 44.2. The molecule has 3 unspecified atom stereocenters. The van der Waals surface area contributed by atoms with E-state index in [1.807, 2.05) is 38.1 Å². The van der Waals surface area contributed by atoms with Crippen molar-refractivity contribution in [1.29, 1.82) is 0 Å². The zero-order valence-corrected chi connectivity index (χ0v) is 34.1. The van der Waals surface area contributed by atoms with E-state index in [2.05, 4.69) is 0 Å². The number of alkyl halides is 3. The molecule has 3 aromatic carbocycles. The van der Waals surface area contributed by atoms with Crippen molar-refractivity contribution in [3.05, 3.63) is 97.5 Å². The van der Waals surface area contributed by atoms with Gasteiger partial charge in [0, 0.05) is 30.0 Å². The number of aliphatic carboxylic acids is 1. The molecule has 1 heterocycles. The van der Waals surface area contributed by atoms with Crippen molar-refractivity contribution in [2.24, 2.45) is 11.1 Å². The number of ether oxygens (including phenoxy) is 3. The number of nitrogens with two attached hydrogens (primary N) is 1. The van der Waals surface area contributed by atoms with Crippen LogP contribution in [0.25, 0.3) is 0 Å². The van der Waals surface area contributed by atoms with Gasteiger partial charge >= 0.3 is 24.1 Å². The van der Waals surface area contributed by atoms with Crippen molar-refractivity contribution in [2.75, 3.05) is 26.0 Å². The molecule has 1 saturated heterocycles. The summed E-state index contributed by atoms with van der Waals surface area (Å²) in [4.78, 5) is 70.5. The summed E-state index contributed by atoms with van der Waals surface area (Å²) in [7, 11) is -3.10. The van der Waals surface area contributed by atoms with Gasteiger partial charge in [-0.05, 0) is 70.0 Å². The minimum Gasteiger partial charge on any atom is -0.480 e. The molecule has 0 aliphatic carbocycles. The number of carbonyl (C=O) groups excluding carboxylic acids is 3. The molecule has 1 aliphatic heterocycles. The van der Waals surface area contributed by atoms with E-state index in [1.54, 1.807) is 6.92 Å². The van der Waals surface area contributed by atoms with E-state index in [-0.39, 0.29) is 41.6 Å². The summed E-state index contributed by atoms with van der Waals surface area (Å²) in [6.07, 6.45) is -5.94. The summed E-state index contributed by atoms with van der Waals surface area (Å²) in [6, 6.07) is 11.8. The molecule has 22 heteroatoms. The third-order valence-electron chi connectivity index (χ3n) is 7.60. The lowest BCUT2D eigenvalue weighted by Crippen LogP contribution is -2.30. The molecule has 1 fully saturated rings. The van der Waals surface area contributed by atoms with E-state index in [1.165, 1.54) is 18.7 Å². The van der Waals surface area contributed by atoms with Crippen molar-refractivity contribution in [3.8, 4) is 11.5 Å². The first-order chi connectivity index (χ1) is 26.8. The van der Waals surface area contributed by atoms with E-state index in [4.69, 9.17) is 58.0 Å². The van der Waals surface area contributed by atoms with Gasteiger partial charge in [0.15, 0.2) is 13.5 Å². The van der Waals surface area contributed by atoms with Gasteiger partial charge in [-0.1, -0.05) is 41.4 Å². The highest BCUT2D eigenvalue weighted by molar-refractivity contribution is 7.57. The summed E-state index contributed by atoms with van der Waals surface area (Å²) in [5, 5.41) is 21.2. The molecular formula is C36H41Cl2F3N3O13P. The first-order valence-corrected chi connectivity index (χ1v) is 20.0. The zero-order valence-electron chi connectivity index (χ0n) is 31.7. The van der Waals surface area contributed by atoms with Gasteiger partial charge in [-0.2, -0.15) is 13.2 Å². The number of carbonyl (C=O) groups is 4. The normalized spacial score (nSPS) is 15.3. The molecule has 0 spiro atoms. The molecule has 0 radical (unpaired) electrons. The summed E-state index contributed by atoms with van der Waals surface area (Å²) >= 11 is 11.9. The van der Waals surface area contributed by atoms with Gasteiger partial charge in [-0.25, -0.2) is 14.7 Å². The molecule has 4 rings (SSSR count). The largest absolute Gasteiger partial charge is 0.480 e. The first-order valence-electron chi connectivity index (χ1n) is 16.9.